The van der Waals surface area contributed by atoms with Gasteiger partial charge in [-0.15, -0.1) is 0 Å². The molecule has 0 amide bonds. The zero-order chi connectivity index (χ0) is 13.2. The summed E-state index contributed by atoms with van der Waals surface area (Å²) in [7, 11) is 3.42. The summed E-state index contributed by atoms with van der Waals surface area (Å²) < 4.78 is 15.7. The molecule has 0 bridgehead atoms. The molecule has 1 aromatic rings. The van der Waals surface area contributed by atoms with E-state index in [2.05, 4.69) is 15.3 Å². The Labute approximate surface area is 107 Å². The molecule has 102 valence electrons. The number of rotatable bonds is 9. The summed E-state index contributed by atoms with van der Waals surface area (Å²) in [6, 6.07) is 1.68. The first kappa shape index (κ1) is 14.5. The maximum atomic E-state index is 5.53. The number of hydrogen-bond acceptors (Lipinski definition) is 7. The lowest BCUT2D eigenvalue weighted by Gasteiger charge is -2.08. The maximum Gasteiger partial charge on any atom is 0.225 e. The van der Waals surface area contributed by atoms with Gasteiger partial charge in [-0.05, 0) is 6.42 Å². The minimum Gasteiger partial charge on any atom is -0.475 e. The molecule has 0 fully saturated rings. The summed E-state index contributed by atoms with van der Waals surface area (Å²) in [5, 5.41) is 2.88. The highest BCUT2D eigenvalue weighted by atomic mass is 16.5. The lowest BCUT2D eigenvalue weighted by atomic mass is 10.5. The number of methoxy groups -OCH3 is 1. The van der Waals surface area contributed by atoms with Crippen molar-refractivity contribution in [2.24, 2.45) is 0 Å². The van der Waals surface area contributed by atoms with Crippen LogP contribution in [-0.4, -0.2) is 50.6 Å². The van der Waals surface area contributed by atoms with E-state index in [0.717, 1.165) is 6.42 Å². The van der Waals surface area contributed by atoms with E-state index in [1.807, 2.05) is 0 Å². The second-order valence-corrected chi connectivity index (χ2v) is 3.51. The summed E-state index contributed by atoms with van der Waals surface area (Å²) in [5.41, 5.74) is 5.53. The number of ether oxygens (including phenoxy) is 3. The lowest BCUT2D eigenvalue weighted by Crippen LogP contribution is -2.10. The Morgan fingerprint density at radius 2 is 2.06 bits per heavy atom. The Balaban J connectivity index is 2.20. The standard InChI is InChI=1S/C11H20N4O3/c1-13-9-8-10(15-11(12)14-9)18-7-6-17-5-3-4-16-2/h8H,3-7H2,1-2H3,(H3,12,13,14,15). The van der Waals surface area contributed by atoms with Crippen molar-refractivity contribution in [3.8, 4) is 5.88 Å². The molecule has 0 aliphatic heterocycles. The molecule has 7 nitrogen and oxygen atoms in total. The van der Waals surface area contributed by atoms with Gasteiger partial charge >= 0.3 is 0 Å². The van der Waals surface area contributed by atoms with Crippen LogP contribution in [0.15, 0.2) is 6.07 Å². The summed E-state index contributed by atoms with van der Waals surface area (Å²) in [6.45, 7) is 2.29. The summed E-state index contributed by atoms with van der Waals surface area (Å²) in [6.07, 6.45) is 0.876. The molecule has 18 heavy (non-hydrogen) atoms. The number of nitrogens with one attached hydrogen (secondary N) is 1. The Morgan fingerprint density at radius 3 is 2.78 bits per heavy atom. The minimum atomic E-state index is 0.179. The summed E-state index contributed by atoms with van der Waals surface area (Å²) in [5.74, 6) is 1.24. The average molecular weight is 256 g/mol. The van der Waals surface area contributed by atoms with Crippen LogP contribution in [0.2, 0.25) is 0 Å². The van der Waals surface area contributed by atoms with Gasteiger partial charge in [0.05, 0.1) is 6.61 Å². The monoisotopic (exact) mass is 256 g/mol. The van der Waals surface area contributed by atoms with Crippen molar-refractivity contribution < 1.29 is 14.2 Å². The number of hydrogen-bond donors (Lipinski definition) is 2. The fourth-order valence-corrected chi connectivity index (χ4v) is 1.26. The van der Waals surface area contributed by atoms with Gasteiger partial charge in [0, 0.05) is 33.4 Å². The Kier molecular flexibility index (Phi) is 6.82. The van der Waals surface area contributed by atoms with Gasteiger partial charge < -0.3 is 25.3 Å². The van der Waals surface area contributed by atoms with Crippen molar-refractivity contribution in [3.63, 3.8) is 0 Å². The zero-order valence-corrected chi connectivity index (χ0v) is 10.8. The van der Waals surface area contributed by atoms with E-state index in [1.165, 1.54) is 0 Å². The highest BCUT2D eigenvalue weighted by Crippen LogP contribution is 2.13. The van der Waals surface area contributed by atoms with Crippen molar-refractivity contribution >= 4 is 11.8 Å². The van der Waals surface area contributed by atoms with Crippen LogP contribution in [0.4, 0.5) is 11.8 Å². The van der Waals surface area contributed by atoms with E-state index < -0.39 is 0 Å². The normalized spacial score (nSPS) is 10.3. The second kappa shape index (κ2) is 8.48. The van der Waals surface area contributed by atoms with E-state index in [1.54, 1.807) is 20.2 Å². The Bertz CT molecular complexity index is 349. The molecular weight excluding hydrogens is 236 g/mol. The number of nitrogens with zero attached hydrogens (tertiary/aromatic N) is 2. The molecule has 0 spiro atoms. The highest BCUT2D eigenvalue weighted by Gasteiger charge is 2.01. The summed E-state index contributed by atoms with van der Waals surface area (Å²) >= 11 is 0. The number of nitrogen functional groups attached to an aromatic ring is 1. The van der Waals surface area contributed by atoms with E-state index >= 15 is 0 Å². The van der Waals surface area contributed by atoms with Crippen LogP contribution in [0.1, 0.15) is 6.42 Å². The molecule has 1 aromatic heterocycles. The topological polar surface area (TPSA) is 91.5 Å². The molecular formula is C11H20N4O3. The first-order valence-corrected chi connectivity index (χ1v) is 5.78. The molecule has 0 saturated heterocycles. The number of nitrogens with two attached hydrogens (primary N) is 1. The van der Waals surface area contributed by atoms with Crippen molar-refractivity contribution in [1.29, 1.82) is 0 Å². The maximum absolute atomic E-state index is 5.53. The van der Waals surface area contributed by atoms with Crippen LogP contribution in [0, 0.1) is 0 Å². The minimum absolute atomic E-state index is 0.179. The third kappa shape index (κ3) is 5.65. The zero-order valence-electron chi connectivity index (χ0n) is 10.8. The molecule has 0 aliphatic carbocycles. The predicted octanol–water partition coefficient (Wildman–Crippen LogP) is 0.532. The molecule has 1 rings (SSSR count). The average Bonchev–Trinajstić information content (AvgIpc) is 2.37. The lowest BCUT2D eigenvalue weighted by molar-refractivity contribution is 0.0796. The van der Waals surface area contributed by atoms with Gasteiger partial charge in [0.2, 0.25) is 11.8 Å². The SMILES string of the molecule is CNc1cc(OCCOCCCOC)nc(N)n1. The van der Waals surface area contributed by atoms with Crippen LogP contribution in [0.3, 0.4) is 0 Å². The van der Waals surface area contributed by atoms with Crippen molar-refractivity contribution in [3.05, 3.63) is 6.07 Å². The second-order valence-electron chi connectivity index (χ2n) is 3.51. The van der Waals surface area contributed by atoms with Crippen molar-refractivity contribution in [2.75, 3.05) is 51.6 Å². The highest BCUT2D eigenvalue weighted by molar-refractivity contribution is 5.41. The van der Waals surface area contributed by atoms with Crippen LogP contribution < -0.4 is 15.8 Å². The third-order valence-corrected chi connectivity index (χ3v) is 2.09. The molecule has 1 heterocycles. The van der Waals surface area contributed by atoms with E-state index in [0.29, 0.717) is 38.1 Å². The molecule has 0 aliphatic rings. The molecule has 3 N–H and O–H groups in total. The van der Waals surface area contributed by atoms with Gasteiger partial charge in [-0.2, -0.15) is 9.97 Å². The molecule has 0 saturated carbocycles. The van der Waals surface area contributed by atoms with Gasteiger partial charge in [0.25, 0.3) is 0 Å². The van der Waals surface area contributed by atoms with Gasteiger partial charge in [-0.25, -0.2) is 0 Å². The van der Waals surface area contributed by atoms with Crippen LogP contribution in [0.5, 0.6) is 5.88 Å². The van der Waals surface area contributed by atoms with E-state index in [9.17, 15) is 0 Å². The third-order valence-electron chi connectivity index (χ3n) is 2.09. The summed E-state index contributed by atoms with van der Waals surface area (Å²) in [4.78, 5) is 7.92. The predicted molar refractivity (Wildman–Crippen MR) is 68.8 cm³/mol. The van der Waals surface area contributed by atoms with Gasteiger partial charge in [-0.1, -0.05) is 0 Å². The largest absolute Gasteiger partial charge is 0.475 e. The molecule has 0 aromatic carbocycles. The number of anilines is 2. The molecule has 0 unspecified atom stereocenters. The van der Waals surface area contributed by atoms with Gasteiger partial charge in [-0.3, -0.25) is 0 Å². The molecule has 0 atom stereocenters. The van der Waals surface area contributed by atoms with Gasteiger partial charge in [0.15, 0.2) is 0 Å². The van der Waals surface area contributed by atoms with Gasteiger partial charge in [0.1, 0.15) is 12.4 Å². The van der Waals surface area contributed by atoms with Crippen LogP contribution >= 0.6 is 0 Å². The molecule has 0 radical (unpaired) electrons. The van der Waals surface area contributed by atoms with Crippen LogP contribution in [0.25, 0.3) is 0 Å². The van der Waals surface area contributed by atoms with Crippen molar-refractivity contribution in [1.82, 2.24) is 9.97 Å². The van der Waals surface area contributed by atoms with E-state index in [-0.39, 0.29) is 5.95 Å². The fraction of sp³-hybridized carbons (Fsp3) is 0.636. The smallest absolute Gasteiger partial charge is 0.225 e. The Hall–Kier alpha value is -1.60. The van der Waals surface area contributed by atoms with Crippen LogP contribution in [-0.2, 0) is 9.47 Å². The van der Waals surface area contributed by atoms with Crippen molar-refractivity contribution in [2.45, 2.75) is 6.42 Å². The molecule has 7 heteroatoms. The quantitative estimate of drug-likeness (QED) is 0.623. The first-order valence-electron chi connectivity index (χ1n) is 5.78. The number of aromatic nitrogens is 2. The first-order chi connectivity index (χ1) is 8.76. The van der Waals surface area contributed by atoms with E-state index in [4.69, 9.17) is 19.9 Å². The Morgan fingerprint density at radius 1 is 1.22 bits per heavy atom. The fourth-order valence-electron chi connectivity index (χ4n) is 1.26.